The van der Waals surface area contributed by atoms with Gasteiger partial charge in [0, 0.05) is 50.7 Å². The molecule has 0 saturated carbocycles. The second-order valence-corrected chi connectivity index (χ2v) is 6.50. The van der Waals surface area contributed by atoms with Gasteiger partial charge in [-0.2, -0.15) is 0 Å². The van der Waals surface area contributed by atoms with Crippen molar-refractivity contribution >= 4 is 17.4 Å². The zero-order chi connectivity index (χ0) is 19.4. The number of carbonyl (C=O) groups is 1. The van der Waals surface area contributed by atoms with E-state index in [1.54, 1.807) is 17.3 Å². The topological polar surface area (TPSA) is 81.3 Å². The van der Waals surface area contributed by atoms with E-state index in [2.05, 4.69) is 26.8 Å². The van der Waals surface area contributed by atoms with Crippen molar-refractivity contribution in [3.05, 3.63) is 53.6 Å². The number of anilines is 2. The highest BCUT2D eigenvalue weighted by atomic mass is 16.2. The number of pyridine rings is 2. The number of hydrogen-bond acceptors (Lipinski definition) is 5. The number of aromatic amines is 1. The Morgan fingerprint density at radius 1 is 1.48 bits per heavy atom. The van der Waals surface area contributed by atoms with E-state index in [0.717, 1.165) is 23.4 Å². The maximum Gasteiger partial charge on any atom is 0.271 e. The molecule has 0 aromatic carbocycles. The molecule has 0 bridgehead atoms. The maximum atomic E-state index is 12.5. The molecule has 1 aliphatic rings. The number of H-pyrrole nitrogens is 1. The van der Waals surface area contributed by atoms with Crippen molar-refractivity contribution in [2.45, 2.75) is 19.4 Å². The zero-order valence-corrected chi connectivity index (χ0v) is 15.7. The summed E-state index contributed by atoms with van der Waals surface area (Å²) in [6.45, 7) is 7.54. The third kappa shape index (κ3) is 3.86. The minimum Gasteiger partial charge on any atom is -0.373 e. The molecule has 7 heteroatoms. The predicted molar refractivity (Wildman–Crippen MR) is 108 cm³/mol. The molecule has 1 aliphatic heterocycles. The summed E-state index contributed by atoms with van der Waals surface area (Å²) in [4.78, 5) is 35.4. The van der Waals surface area contributed by atoms with Crippen molar-refractivity contribution in [1.82, 2.24) is 14.9 Å². The van der Waals surface area contributed by atoms with Gasteiger partial charge in [-0.3, -0.25) is 9.59 Å². The van der Waals surface area contributed by atoms with Gasteiger partial charge in [-0.05, 0) is 43.2 Å². The first-order chi connectivity index (χ1) is 13.1. The van der Waals surface area contributed by atoms with Gasteiger partial charge in [0.2, 0.25) is 5.91 Å². The van der Waals surface area contributed by atoms with E-state index >= 15 is 0 Å². The molecule has 27 heavy (non-hydrogen) atoms. The average molecular weight is 367 g/mol. The molecular weight excluding hydrogens is 342 g/mol. The van der Waals surface area contributed by atoms with Crippen molar-refractivity contribution in [3.8, 4) is 11.1 Å². The zero-order valence-electron chi connectivity index (χ0n) is 15.7. The number of carbonyl (C=O) groups excluding carboxylic acids is 1. The normalized spacial score (nSPS) is 16.2. The van der Waals surface area contributed by atoms with Crippen LogP contribution in [0.3, 0.4) is 0 Å². The highest BCUT2D eigenvalue weighted by Gasteiger charge is 2.30. The van der Waals surface area contributed by atoms with E-state index in [-0.39, 0.29) is 17.5 Å². The molecule has 0 aliphatic carbocycles. The monoisotopic (exact) mass is 367 g/mol. The van der Waals surface area contributed by atoms with Gasteiger partial charge in [0.15, 0.2) is 0 Å². The molecule has 142 valence electrons. The van der Waals surface area contributed by atoms with Crippen LogP contribution in [0, 0.1) is 0 Å². The Hall–Kier alpha value is -3.09. The standard InChI is InChI=1S/C20H25N5O2/c1-4-19(26)24-9-7-16(13-24)25(5-2)17-10-15(12-23-20(17)27)14-6-8-22-18(11-14)21-3/h4,6,8,10-12,16H,1,5,7,9,13H2,2-3H3,(H,21,22)(H,23,27)/t16-/m1/s1. The molecule has 0 radical (unpaired) electrons. The number of aromatic nitrogens is 2. The molecule has 2 N–H and O–H groups in total. The predicted octanol–water partition coefficient (Wildman–Crippen LogP) is 2.09. The van der Waals surface area contributed by atoms with Crippen LogP contribution in [-0.4, -0.2) is 53.5 Å². The van der Waals surface area contributed by atoms with Gasteiger partial charge < -0.3 is 20.1 Å². The lowest BCUT2D eigenvalue weighted by Gasteiger charge is -2.29. The lowest BCUT2D eigenvalue weighted by Crippen LogP contribution is -2.41. The number of likely N-dealkylation sites (tertiary alicyclic amines) is 1. The van der Waals surface area contributed by atoms with Crippen molar-refractivity contribution in [1.29, 1.82) is 0 Å². The summed E-state index contributed by atoms with van der Waals surface area (Å²) in [6.07, 6.45) is 5.63. The van der Waals surface area contributed by atoms with Gasteiger partial charge in [-0.25, -0.2) is 4.98 Å². The molecule has 7 nitrogen and oxygen atoms in total. The number of hydrogen-bond donors (Lipinski definition) is 2. The van der Waals surface area contributed by atoms with Crippen LogP contribution in [0.15, 0.2) is 48.0 Å². The molecule has 1 fully saturated rings. The molecule has 0 unspecified atom stereocenters. The molecule has 2 aromatic heterocycles. The number of amides is 1. The summed E-state index contributed by atoms with van der Waals surface area (Å²) < 4.78 is 0. The van der Waals surface area contributed by atoms with Gasteiger partial charge in [0.1, 0.15) is 11.5 Å². The van der Waals surface area contributed by atoms with E-state index in [1.165, 1.54) is 6.08 Å². The van der Waals surface area contributed by atoms with Gasteiger partial charge in [0.05, 0.1) is 0 Å². The molecule has 1 saturated heterocycles. The fourth-order valence-electron chi connectivity index (χ4n) is 3.55. The Kier molecular flexibility index (Phi) is 5.59. The minimum atomic E-state index is -0.128. The first-order valence-electron chi connectivity index (χ1n) is 9.12. The largest absolute Gasteiger partial charge is 0.373 e. The van der Waals surface area contributed by atoms with Crippen molar-refractivity contribution < 1.29 is 4.79 Å². The molecule has 3 rings (SSSR count). The first-order valence-corrected chi connectivity index (χ1v) is 9.12. The summed E-state index contributed by atoms with van der Waals surface area (Å²) in [5, 5.41) is 3.02. The smallest absolute Gasteiger partial charge is 0.271 e. The van der Waals surface area contributed by atoms with Crippen molar-refractivity contribution in [3.63, 3.8) is 0 Å². The summed E-state index contributed by atoms with van der Waals surface area (Å²) in [5.74, 6) is 0.703. The van der Waals surface area contributed by atoms with Crippen molar-refractivity contribution in [2.75, 3.05) is 36.9 Å². The highest BCUT2D eigenvalue weighted by Crippen LogP contribution is 2.26. The van der Waals surface area contributed by atoms with Crippen LogP contribution in [0.25, 0.3) is 11.1 Å². The van der Waals surface area contributed by atoms with Crippen LogP contribution in [0.1, 0.15) is 13.3 Å². The first kappa shape index (κ1) is 18.7. The number of rotatable bonds is 6. The Labute approximate surface area is 158 Å². The van der Waals surface area contributed by atoms with Crippen molar-refractivity contribution in [2.24, 2.45) is 0 Å². The Balaban J connectivity index is 1.91. The van der Waals surface area contributed by atoms with Crippen LogP contribution in [0.5, 0.6) is 0 Å². The lowest BCUT2D eigenvalue weighted by atomic mass is 10.1. The van der Waals surface area contributed by atoms with E-state index in [9.17, 15) is 9.59 Å². The number of nitrogens with zero attached hydrogens (tertiary/aromatic N) is 3. The minimum absolute atomic E-state index is 0.0624. The Morgan fingerprint density at radius 3 is 3.00 bits per heavy atom. The van der Waals surface area contributed by atoms with E-state index in [1.807, 2.05) is 32.2 Å². The number of likely N-dealkylation sites (N-methyl/N-ethyl adjacent to an activating group) is 1. The van der Waals surface area contributed by atoms with Crippen LogP contribution in [0.2, 0.25) is 0 Å². The third-order valence-corrected chi connectivity index (χ3v) is 4.97. The SMILES string of the molecule is C=CC(=O)N1CC[C@@H](N(CC)c2cc(-c3ccnc(NC)c3)c[nH]c2=O)C1. The van der Waals surface area contributed by atoms with E-state index in [0.29, 0.717) is 25.3 Å². The molecule has 1 atom stereocenters. The van der Waals surface area contributed by atoms with Gasteiger partial charge >= 0.3 is 0 Å². The van der Waals surface area contributed by atoms with E-state index in [4.69, 9.17) is 0 Å². The average Bonchev–Trinajstić information content (AvgIpc) is 3.19. The molecular formula is C20H25N5O2. The van der Waals surface area contributed by atoms with Crippen LogP contribution in [-0.2, 0) is 4.79 Å². The third-order valence-electron chi connectivity index (χ3n) is 4.97. The molecule has 3 heterocycles. The van der Waals surface area contributed by atoms with Crippen LogP contribution >= 0.6 is 0 Å². The second-order valence-electron chi connectivity index (χ2n) is 6.50. The fraction of sp³-hybridized carbons (Fsp3) is 0.350. The van der Waals surface area contributed by atoms with E-state index < -0.39 is 0 Å². The molecule has 0 spiro atoms. The molecule has 2 aromatic rings. The summed E-state index contributed by atoms with van der Waals surface area (Å²) in [7, 11) is 1.82. The second kappa shape index (κ2) is 8.07. The maximum absolute atomic E-state index is 12.5. The van der Waals surface area contributed by atoms with Gasteiger partial charge in [0.25, 0.3) is 5.56 Å². The summed E-state index contributed by atoms with van der Waals surface area (Å²) in [5.41, 5.74) is 2.38. The molecule has 1 amide bonds. The Bertz CT molecular complexity index is 892. The Morgan fingerprint density at radius 2 is 2.30 bits per heavy atom. The number of nitrogens with one attached hydrogen (secondary N) is 2. The summed E-state index contributed by atoms with van der Waals surface area (Å²) in [6, 6.07) is 5.87. The van der Waals surface area contributed by atoms with Crippen LogP contribution in [0.4, 0.5) is 11.5 Å². The van der Waals surface area contributed by atoms with Crippen LogP contribution < -0.4 is 15.8 Å². The lowest BCUT2D eigenvalue weighted by molar-refractivity contribution is -0.125. The van der Waals surface area contributed by atoms with Gasteiger partial charge in [-0.15, -0.1) is 0 Å². The van der Waals surface area contributed by atoms with Gasteiger partial charge in [-0.1, -0.05) is 6.58 Å². The summed E-state index contributed by atoms with van der Waals surface area (Å²) >= 11 is 0. The highest BCUT2D eigenvalue weighted by molar-refractivity contribution is 5.87. The quantitative estimate of drug-likeness (QED) is 0.764. The fourth-order valence-corrected chi connectivity index (χ4v) is 3.55.